The van der Waals surface area contributed by atoms with Crippen LogP contribution in [-0.2, 0) is 6.54 Å². The predicted molar refractivity (Wildman–Crippen MR) is 45.7 cm³/mol. The molecule has 2 nitrogen and oxygen atoms in total. The molecule has 0 unspecified atom stereocenters. The summed E-state index contributed by atoms with van der Waals surface area (Å²) in [5, 5.41) is 3.68. The Morgan fingerprint density at radius 2 is 2.17 bits per heavy atom. The van der Waals surface area contributed by atoms with E-state index >= 15 is 0 Å². The Morgan fingerprint density at radius 3 is 2.50 bits per heavy atom. The fourth-order valence-corrected chi connectivity index (χ4v) is 1.51. The summed E-state index contributed by atoms with van der Waals surface area (Å²) in [6, 6.07) is 1.60. The van der Waals surface area contributed by atoms with Gasteiger partial charge < -0.3 is 0 Å². The summed E-state index contributed by atoms with van der Waals surface area (Å²) in [6.45, 7) is 0.586. The van der Waals surface area contributed by atoms with E-state index in [-0.39, 0.29) is 0 Å². The van der Waals surface area contributed by atoms with Gasteiger partial charge in [-0.15, -0.1) is 0 Å². The van der Waals surface area contributed by atoms with E-state index in [2.05, 4.69) is 5.10 Å². The van der Waals surface area contributed by atoms with Crippen molar-refractivity contribution in [2.45, 2.75) is 19.6 Å². The number of rotatable bonds is 1. The number of hydrogen-bond donors (Lipinski definition) is 0. The second-order valence-corrected chi connectivity index (χ2v) is 3.49. The zero-order valence-corrected chi connectivity index (χ0v) is 8.35. The van der Waals surface area contributed by atoms with Crippen LogP contribution in [0, 0.1) is 10.6 Å². The number of aryl methyl sites for hydroxylation is 1. The number of aromatic nitrogens is 2. The minimum Gasteiger partial charge on any atom is -0.260 e. The van der Waals surface area contributed by atoms with Crippen LogP contribution in [0.5, 0.6) is 0 Å². The summed E-state index contributed by atoms with van der Waals surface area (Å²) < 4.78 is 37.1. The van der Waals surface area contributed by atoms with Crippen molar-refractivity contribution in [3.05, 3.63) is 15.5 Å². The number of hydrogen-bond acceptors (Lipinski definition) is 1. The number of nitrogens with zero attached hydrogens (tertiary/aromatic N) is 2. The normalized spacial score (nSPS) is 12.1. The smallest absolute Gasteiger partial charge is 0.260 e. The van der Waals surface area contributed by atoms with Gasteiger partial charge in [0.25, 0.3) is 0 Å². The molecule has 0 amide bonds. The van der Waals surface area contributed by atoms with E-state index in [0.717, 1.165) is 4.68 Å². The van der Waals surface area contributed by atoms with Crippen molar-refractivity contribution in [2.75, 3.05) is 0 Å². The first-order chi connectivity index (χ1) is 5.38. The van der Waals surface area contributed by atoms with Gasteiger partial charge in [0, 0.05) is 5.69 Å². The first-order valence-corrected chi connectivity index (χ1v) is 4.23. The van der Waals surface area contributed by atoms with E-state index < -0.39 is 12.7 Å². The zero-order chi connectivity index (χ0) is 9.35. The first-order valence-electron chi connectivity index (χ1n) is 3.15. The molecule has 0 bridgehead atoms. The lowest BCUT2D eigenvalue weighted by molar-refractivity contribution is -0.143. The Morgan fingerprint density at radius 1 is 1.58 bits per heavy atom. The molecule has 0 saturated carbocycles. The van der Waals surface area contributed by atoms with Crippen molar-refractivity contribution in [1.29, 1.82) is 0 Å². The van der Waals surface area contributed by atoms with Crippen LogP contribution in [0.3, 0.4) is 0 Å². The van der Waals surface area contributed by atoms with Gasteiger partial charge in [-0.3, -0.25) is 4.68 Å². The molecule has 0 N–H and O–H groups in total. The highest BCUT2D eigenvalue weighted by Gasteiger charge is 2.29. The van der Waals surface area contributed by atoms with Gasteiger partial charge in [-0.25, -0.2) is 0 Å². The molecule has 0 aliphatic carbocycles. The predicted octanol–water partition coefficient (Wildman–Crippen LogP) is 2.36. The fraction of sp³-hybridized carbons (Fsp3) is 0.500. The maximum Gasteiger partial charge on any atom is 0.408 e. The SMILES string of the molecule is Cc1cc(I)nn1CC(F)(F)F. The molecule has 68 valence electrons. The Labute approximate surface area is 80.9 Å². The summed E-state index contributed by atoms with van der Waals surface area (Å²) in [5.74, 6) is 0. The molecule has 6 heteroatoms. The quantitative estimate of drug-likeness (QED) is 0.726. The molecular weight excluding hydrogens is 284 g/mol. The highest BCUT2D eigenvalue weighted by Crippen LogP contribution is 2.18. The lowest BCUT2D eigenvalue weighted by Gasteiger charge is -2.07. The molecular formula is C6H6F3IN2. The van der Waals surface area contributed by atoms with Gasteiger partial charge in [-0.2, -0.15) is 18.3 Å². The molecule has 0 aromatic carbocycles. The minimum atomic E-state index is -4.19. The monoisotopic (exact) mass is 290 g/mol. The van der Waals surface area contributed by atoms with Gasteiger partial charge in [0.15, 0.2) is 0 Å². The van der Waals surface area contributed by atoms with E-state index in [1.165, 1.54) is 0 Å². The number of halogens is 4. The van der Waals surface area contributed by atoms with Crippen LogP contribution in [0.15, 0.2) is 6.07 Å². The summed E-state index contributed by atoms with van der Waals surface area (Å²) in [5.41, 5.74) is 0.525. The topological polar surface area (TPSA) is 17.8 Å². The second-order valence-electron chi connectivity index (χ2n) is 2.38. The zero-order valence-electron chi connectivity index (χ0n) is 6.19. The largest absolute Gasteiger partial charge is 0.408 e. The molecule has 1 heterocycles. The highest BCUT2D eigenvalue weighted by molar-refractivity contribution is 14.1. The van der Waals surface area contributed by atoms with Crippen LogP contribution >= 0.6 is 22.6 Å². The van der Waals surface area contributed by atoms with Gasteiger partial charge in [0.1, 0.15) is 10.2 Å². The standard InChI is InChI=1S/C6H6F3IN2/c1-4-2-5(10)11-12(4)3-6(7,8)9/h2H,3H2,1H3. The van der Waals surface area contributed by atoms with Gasteiger partial charge in [0.2, 0.25) is 0 Å². The number of alkyl halides is 3. The van der Waals surface area contributed by atoms with E-state index in [4.69, 9.17) is 0 Å². The van der Waals surface area contributed by atoms with Crippen LogP contribution in [0.4, 0.5) is 13.2 Å². The molecule has 0 saturated heterocycles. The van der Waals surface area contributed by atoms with E-state index in [0.29, 0.717) is 9.39 Å². The van der Waals surface area contributed by atoms with Gasteiger partial charge in [0.05, 0.1) is 0 Å². The average Bonchev–Trinajstić information content (AvgIpc) is 2.06. The van der Waals surface area contributed by atoms with Crippen LogP contribution in [0.25, 0.3) is 0 Å². The van der Waals surface area contributed by atoms with Gasteiger partial charge in [-0.05, 0) is 35.6 Å². The van der Waals surface area contributed by atoms with Crippen LogP contribution in [0.2, 0.25) is 0 Å². The van der Waals surface area contributed by atoms with E-state index in [9.17, 15) is 13.2 Å². The molecule has 1 rings (SSSR count). The van der Waals surface area contributed by atoms with Crippen LogP contribution in [0.1, 0.15) is 5.69 Å². The molecule has 1 aromatic rings. The minimum absolute atomic E-state index is 0.525. The lowest BCUT2D eigenvalue weighted by atomic mass is 10.5. The molecule has 12 heavy (non-hydrogen) atoms. The maximum atomic E-state index is 11.9. The van der Waals surface area contributed by atoms with Gasteiger partial charge >= 0.3 is 6.18 Å². The average molecular weight is 290 g/mol. The van der Waals surface area contributed by atoms with Crippen LogP contribution in [-0.4, -0.2) is 16.0 Å². The van der Waals surface area contributed by atoms with Crippen molar-refractivity contribution in [1.82, 2.24) is 9.78 Å². The summed E-state index contributed by atoms with van der Waals surface area (Å²) in [4.78, 5) is 0. The van der Waals surface area contributed by atoms with Gasteiger partial charge in [-0.1, -0.05) is 0 Å². The highest BCUT2D eigenvalue weighted by atomic mass is 127. The fourth-order valence-electron chi connectivity index (χ4n) is 0.800. The summed E-state index contributed by atoms with van der Waals surface area (Å²) >= 11 is 1.88. The Balaban J connectivity index is 2.82. The third-order valence-corrected chi connectivity index (χ3v) is 1.81. The van der Waals surface area contributed by atoms with Crippen molar-refractivity contribution >= 4 is 22.6 Å². The Hall–Kier alpha value is -0.270. The van der Waals surface area contributed by atoms with E-state index in [1.807, 2.05) is 22.6 Å². The lowest BCUT2D eigenvalue weighted by Crippen LogP contribution is -2.19. The van der Waals surface area contributed by atoms with Crippen molar-refractivity contribution < 1.29 is 13.2 Å². The molecule has 0 aliphatic rings. The molecule has 0 spiro atoms. The molecule has 0 fully saturated rings. The second kappa shape index (κ2) is 3.23. The molecule has 0 aliphatic heterocycles. The van der Waals surface area contributed by atoms with Crippen molar-refractivity contribution in [2.24, 2.45) is 0 Å². The van der Waals surface area contributed by atoms with Crippen LogP contribution < -0.4 is 0 Å². The molecule has 1 aromatic heterocycles. The molecule has 0 radical (unpaired) electrons. The Bertz CT molecular complexity index is 279. The summed E-state index contributed by atoms with van der Waals surface area (Å²) in [6.07, 6.45) is -4.19. The van der Waals surface area contributed by atoms with Crippen molar-refractivity contribution in [3.63, 3.8) is 0 Å². The Kier molecular flexibility index (Phi) is 2.64. The third-order valence-electron chi connectivity index (χ3n) is 1.28. The molecule has 0 atom stereocenters. The first kappa shape index (κ1) is 9.82. The third kappa shape index (κ3) is 2.65. The summed E-state index contributed by atoms with van der Waals surface area (Å²) in [7, 11) is 0. The van der Waals surface area contributed by atoms with Crippen molar-refractivity contribution in [3.8, 4) is 0 Å². The van der Waals surface area contributed by atoms with E-state index in [1.54, 1.807) is 13.0 Å². The maximum absolute atomic E-state index is 11.9.